The first kappa shape index (κ1) is 22.2. The van der Waals surface area contributed by atoms with E-state index in [9.17, 15) is 9.59 Å². The van der Waals surface area contributed by atoms with E-state index >= 15 is 0 Å². The summed E-state index contributed by atoms with van der Waals surface area (Å²) in [4.78, 5) is 32.0. The predicted octanol–water partition coefficient (Wildman–Crippen LogP) is 2.67. The molecule has 1 N–H and O–H groups in total. The zero-order valence-corrected chi connectivity index (χ0v) is 18.8. The molecule has 32 heavy (non-hydrogen) atoms. The number of aryl methyl sites for hydroxylation is 2. The predicted molar refractivity (Wildman–Crippen MR) is 121 cm³/mol. The van der Waals surface area contributed by atoms with Crippen molar-refractivity contribution in [1.29, 1.82) is 0 Å². The van der Waals surface area contributed by atoms with Gasteiger partial charge < -0.3 is 0 Å². The molecule has 9 heteroatoms. The van der Waals surface area contributed by atoms with Crippen molar-refractivity contribution in [3.05, 3.63) is 68.6 Å². The Labute approximate surface area is 186 Å². The Morgan fingerprint density at radius 1 is 1.16 bits per heavy atom. The molecule has 0 saturated carbocycles. The molecule has 2 aromatic heterocycles. The number of aromatic amines is 1. The summed E-state index contributed by atoms with van der Waals surface area (Å²) in [6, 6.07) is 8.53. The highest BCUT2D eigenvalue weighted by atomic mass is 16.7. The Balaban J connectivity index is 1.41. The minimum atomic E-state index is -0.476. The summed E-state index contributed by atoms with van der Waals surface area (Å²) in [5, 5.41) is 10.4. The van der Waals surface area contributed by atoms with E-state index in [2.05, 4.69) is 46.5 Å². The van der Waals surface area contributed by atoms with Gasteiger partial charge in [-0.15, -0.1) is 5.10 Å². The van der Waals surface area contributed by atoms with Gasteiger partial charge in [0.1, 0.15) is 5.69 Å². The Bertz CT molecular complexity index is 1160. The number of hydrogen-bond acceptors (Lipinski definition) is 6. The van der Waals surface area contributed by atoms with E-state index in [-0.39, 0.29) is 11.6 Å². The molecular weight excluding hydrogens is 408 g/mol. The molecular formula is C23H30N6O3. The number of hydroxylamine groups is 2. The van der Waals surface area contributed by atoms with E-state index in [1.54, 1.807) is 22.9 Å². The van der Waals surface area contributed by atoms with Crippen molar-refractivity contribution in [2.75, 3.05) is 7.05 Å². The molecule has 1 aliphatic rings. The number of unbranched alkanes of at least 4 members (excludes halogenated alkanes) is 2. The number of likely N-dealkylation sites (N-methyl/N-ethyl adjacent to an activating group) is 1. The normalized spacial score (nSPS) is 19.0. The second-order valence-corrected chi connectivity index (χ2v) is 8.45. The lowest BCUT2D eigenvalue weighted by molar-refractivity contribution is -0.168. The zero-order valence-electron chi connectivity index (χ0n) is 18.8. The zero-order chi connectivity index (χ0) is 22.7. The minimum Gasteiger partial charge on any atom is -0.274 e. The van der Waals surface area contributed by atoms with Gasteiger partial charge in [0.05, 0.1) is 18.8 Å². The quantitative estimate of drug-likeness (QED) is 0.543. The van der Waals surface area contributed by atoms with Crippen molar-refractivity contribution in [2.24, 2.45) is 0 Å². The lowest BCUT2D eigenvalue weighted by atomic mass is 10.0. The highest BCUT2D eigenvalue weighted by molar-refractivity contribution is 5.57. The molecule has 1 saturated heterocycles. The van der Waals surface area contributed by atoms with Crippen LogP contribution in [0.15, 0.2) is 46.2 Å². The van der Waals surface area contributed by atoms with Gasteiger partial charge >= 0.3 is 5.69 Å². The van der Waals surface area contributed by atoms with Crippen LogP contribution in [-0.2, 0) is 17.8 Å². The van der Waals surface area contributed by atoms with Crippen molar-refractivity contribution >= 4 is 0 Å². The number of benzene rings is 1. The first-order chi connectivity index (χ1) is 15.4. The summed E-state index contributed by atoms with van der Waals surface area (Å²) in [7, 11) is 1.84. The van der Waals surface area contributed by atoms with Crippen molar-refractivity contribution in [2.45, 2.75) is 64.8 Å². The van der Waals surface area contributed by atoms with Crippen LogP contribution in [0.4, 0.5) is 0 Å². The second kappa shape index (κ2) is 9.62. The SMILES string of the molecule is CCCCCc1ccc(-c2cn(C[C@H]3C[C@H](n4cc(C)c(=O)[nH]c4=O)ON3C)nn2)cc1. The Morgan fingerprint density at radius 2 is 1.94 bits per heavy atom. The van der Waals surface area contributed by atoms with Gasteiger partial charge in [0.25, 0.3) is 5.56 Å². The van der Waals surface area contributed by atoms with Crippen LogP contribution in [0.2, 0.25) is 0 Å². The Kier molecular flexibility index (Phi) is 6.66. The lowest BCUT2D eigenvalue weighted by Crippen LogP contribution is -2.33. The maximum absolute atomic E-state index is 12.2. The smallest absolute Gasteiger partial charge is 0.274 e. The van der Waals surface area contributed by atoms with Crippen molar-refractivity contribution in [1.82, 2.24) is 29.6 Å². The van der Waals surface area contributed by atoms with E-state index in [1.165, 1.54) is 29.4 Å². The fraction of sp³-hybridized carbons (Fsp3) is 0.478. The minimum absolute atomic E-state index is 0.00891. The van der Waals surface area contributed by atoms with Crippen LogP contribution < -0.4 is 11.2 Å². The largest absolute Gasteiger partial charge is 0.330 e. The van der Waals surface area contributed by atoms with E-state index in [4.69, 9.17) is 4.84 Å². The van der Waals surface area contributed by atoms with Crippen molar-refractivity contribution in [3.63, 3.8) is 0 Å². The van der Waals surface area contributed by atoms with Crippen LogP contribution >= 0.6 is 0 Å². The first-order valence-electron chi connectivity index (χ1n) is 11.2. The summed E-state index contributed by atoms with van der Waals surface area (Å²) < 4.78 is 3.24. The third-order valence-corrected chi connectivity index (χ3v) is 5.99. The van der Waals surface area contributed by atoms with Gasteiger partial charge in [0.2, 0.25) is 0 Å². The van der Waals surface area contributed by atoms with Gasteiger partial charge in [0.15, 0.2) is 6.23 Å². The average molecular weight is 439 g/mol. The van der Waals surface area contributed by atoms with E-state index < -0.39 is 11.9 Å². The molecule has 3 aromatic rings. The molecule has 1 aromatic carbocycles. The van der Waals surface area contributed by atoms with Gasteiger partial charge in [0, 0.05) is 30.8 Å². The van der Waals surface area contributed by atoms with Crippen LogP contribution in [0.3, 0.4) is 0 Å². The summed E-state index contributed by atoms with van der Waals surface area (Å²) in [6.45, 7) is 4.46. The molecule has 1 fully saturated rings. The number of H-pyrrole nitrogens is 1. The number of rotatable bonds is 8. The molecule has 170 valence electrons. The van der Waals surface area contributed by atoms with E-state index in [0.29, 0.717) is 18.5 Å². The Morgan fingerprint density at radius 3 is 2.69 bits per heavy atom. The van der Waals surface area contributed by atoms with Gasteiger partial charge in [-0.2, -0.15) is 5.06 Å². The van der Waals surface area contributed by atoms with Gasteiger partial charge in [-0.05, 0) is 25.3 Å². The molecule has 0 radical (unpaired) electrons. The van der Waals surface area contributed by atoms with Crippen LogP contribution in [0, 0.1) is 6.92 Å². The molecule has 3 heterocycles. The Hall–Kier alpha value is -3.04. The van der Waals surface area contributed by atoms with Gasteiger partial charge in [-0.3, -0.25) is 23.9 Å². The summed E-state index contributed by atoms with van der Waals surface area (Å²) >= 11 is 0. The van der Waals surface area contributed by atoms with Crippen LogP contribution in [0.25, 0.3) is 11.3 Å². The molecule has 0 aliphatic carbocycles. The maximum atomic E-state index is 12.2. The van der Waals surface area contributed by atoms with E-state index in [0.717, 1.165) is 17.7 Å². The number of hydrogen-bond donors (Lipinski definition) is 1. The number of aromatic nitrogens is 5. The van der Waals surface area contributed by atoms with Gasteiger partial charge in [-0.1, -0.05) is 49.2 Å². The first-order valence-corrected chi connectivity index (χ1v) is 11.2. The summed E-state index contributed by atoms with van der Waals surface area (Å²) in [6.07, 6.45) is 8.39. The molecule has 4 rings (SSSR count). The molecule has 2 atom stereocenters. The molecule has 0 spiro atoms. The standard InChI is InChI=1S/C23H30N6O3/c1-4-5-6-7-17-8-10-18(11-9-17)20-15-28(26-25-20)14-19-12-21(32-27(19)3)29-13-16(2)22(30)24-23(29)31/h8-11,13,15,19,21H,4-7,12,14H2,1-3H3,(H,24,30,31)/t19-,21-/m1/s1. The maximum Gasteiger partial charge on any atom is 0.330 e. The fourth-order valence-electron chi connectivity index (χ4n) is 4.01. The molecule has 0 bridgehead atoms. The van der Waals surface area contributed by atoms with Crippen LogP contribution in [0.5, 0.6) is 0 Å². The highest BCUT2D eigenvalue weighted by Gasteiger charge is 2.33. The van der Waals surface area contributed by atoms with Crippen molar-refractivity contribution in [3.8, 4) is 11.3 Å². The number of nitrogens with one attached hydrogen (secondary N) is 1. The molecule has 0 amide bonds. The van der Waals surface area contributed by atoms with Crippen LogP contribution in [0.1, 0.15) is 50.0 Å². The topological polar surface area (TPSA) is 98.0 Å². The van der Waals surface area contributed by atoms with Crippen LogP contribution in [-0.4, -0.2) is 42.7 Å². The second-order valence-electron chi connectivity index (χ2n) is 8.45. The van der Waals surface area contributed by atoms with Gasteiger partial charge in [-0.25, -0.2) is 4.79 Å². The van der Waals surface area contributed by atoms with E-state index in [1.807, 2.05) is 13.2 Å². The summed E-state index contributed by atoms with van der Waals surface area (Å²) in [5.74, 6) is 0. The summed E-state index contributed by atoms with van der Waals surface area (Å²) in [5.41, 5.74) is 2.84. The molecule has 0 unspecified atom stereocenters. The number of nitrogens with zero attached hydrogens (tertiary/aromatic N) is 5. The fourth-order valence-corrected chi connectivity index (χ4v) is 4.01. The van der Waals surface area contributed by atoms with Crippen molar-refractivity contribution < 1.29 is 4.84 Å². The highest BCUT2D eigenvalue weighted by Crippen LogP contribution is 2.28. The monoisotopic (exact) mass is 438 g/mol. The molecule has 9 nitrogen and oxygen atoms in total. The lowest BCUT2D eigenvalue weighted by Gasteiger charge is -2.16. The third-order valence-electron chi connectivity index (χ3n) is 5.99. The molecule has 1 aliphatic heterocycles. The third kappa shape index (κ3) is 4.89. The average Bonchev–Trinajstić information content (AvgIpc) is 3.38.